The lowest BCUT2D eigenvalue weighted by atomic mass is 10.1. The van der Waals surface area contributed by atoms with Gasteiger partial charge in [0.25, 0.3) is 0 Å². The molecule has 0 fully saturated rings. The molecule has 72 valence electrons. The van der Waals surface area contributed by atoms with Crippen LogP contribution in [0.3, 0.4) is 0 Å². The Kier molecular flexibility index (Phi) is 4.45. The maximum Gasteiger partial charge on any atom is 0.0626 e. The van der Waals surface area contributed by atoms with Gasteiger partial charge < -0.3 is 10.4 Å². The molecule has 1 aromatic rings. The van der Waals surface area contributed by atoms with E-state index in [1.54, 1.807) is 0 Å². The zero-order chi connectivity index (χ0) is 9.84. The number of nitrogens with one attached hydrogen (secondary N) is 1. The predicted molar refractivity (Wildman–Crippen MR) is 63.1 cm³/mol. The Morgan fingerprint density at radius 2 is 2.23 bits per heavy atom. The molecule has 0 saturated heterocycles. The van der Waals surface area contributed by atoms with E-state index in [1.807, 2.05) is 25.2 Å². The summed E-state index contributed by atoms with van der Waals surface area (Å²) in [4.78, 5) is 0. The van der Waals surface area contributed by atoms with E-state index < -0.39 is 0 Å². The highest BCUT2D eigenvalue weighted by Gasteiger charge is 2.08. The second kappa shape index (κ2) is 5.14. The lowest BCUT2D eigenvalue weighted by molar-refractivity contribution is 0.251. The lowest BCUT2D eigenvalue weighted by Gasteiger charge is -2.13. The third-order valence-corrected chi connectivity index (χ3v) is 2.66. The topological polar surface area (TPSA) is 32.3 Å². The molecule has 2 N–H and O–H groups in total. The number of hydrogen-bond donors (Lipinski definition) is 2. The minimum atomic E-state index is -0.0350. The highest BCUT2D eigenvalue weighted by molar-refractivity contribution is 14.1. The van der Waals surface area contributed by atoms with Crippen molar-refractivity contribution in [1.29, 1.82) is 0 Å². The normalized spacial score (nSPS) is 12.9. The number of halogens is 2. The molecule has 1 rings (SSSR count). The second-order valence-corrected chi connectivity index (χ2v) is 4.41. The molecule has 0 heterocycles. The van der Waals surface area contributed by atoms with Gasteiger partial charge in [-0.2, -0.15) is 0 Å². The predicted octanol–water partition coefficient (Wildman–Crippen LogP) is 2.20. The quantitative estimate of drug-likeness (QED) is 0.839. The van der Waals surface area contributed by atoms with Crippen molar-refractivity contribution in [1.82, 2.24) is 5.32 Å². The SMILES string of the molecule is CN[C@@H](CO)c1cc(Cl)cc(I)c1. The maximum absolute atomic E-state index is 9.05. The molecule has 2 nitrogen and oxygen atoms in total. The van der Waals surface area contributed by atoms with Crippen LogP contribution < -0.4 is 5.32 Å². The van der Waals surface area contributed by atoms with E-state index in [9.17, 15) is 0 Å². The van der Waals surface area contributed by atoms with Crippen molar-refractivity contribution in [2.75, 3.05) is 13.7 Å². The van der Waals surface area contributed by atoms with Gasteiger partial charge in [-0.3, -0.25) is 0 Å². The van der Waals surface area contributed by atoms with E-state index in [0.717, 1.165) is 9.13 Å². The van der Waals surface area contributed by atoms with Crippen molar-refractivity contribution in [3.05, 3.63) is 32.4 Å². The van der Waals surface area contributed by atoms with Gasteiger partial charge in [0.15, 0.2) is 0 Å². The summed E-state index contributed by atoms with van der Waals surface area (Å²) in [6, 6.07) is 5.72. The van der Waals surface area contributed by atoms with Crippen molar-refractivity contribution in [2.45, 2.75) is 6.04 Å². The summed E-state index contributed by atoms with van der Waals surface area (Å²) in [5.41, 5.74) is 1.02. The fourth-order valence-electron chi connectivity index (χ4n) is 1.14. The smallest absolute Gasteiger partial charge is 0.0626 e. The van der Waals surface area contributed by atoms with Crippen molar-refractivity contribution in [3.8, 4) is 0 Å². The summed E-state index contributed by atoms with van der Waals surface area (Å²) in [6.07, 6.45) is 0. The highest BCUT2D eigenvalue weighted by atomic mass is 127. The first kappa shape index (κ1) is 11.2. The van der Waals surface area contributed by atoms with E-state index in [-0.39, 0.29) is 12.6 Å². The molecule has 0 aromatic heterocycles. The standard InChI is InChI=1S/C9H11ClINO/c1-12-9(5-13)6-2-7(10)4-8(11)3-6/h2-4,9,12-13H,5H2,1H3/t9-/m0/s1. The van der Waals surface area contributed by atoms with Gasteiger partial charge in [0.2, 0.25) is 0 Å². The minimum Gasteiger partial charge on any atom is -0.394 e. The van der Waals surface area contributed by atoms with Gasteiger partial charge in [-0.05, 0) is 53.4 Å². The number of likely N-dealkylation sites (N-methyl/N-ethyl adjacent to an activating group) is 1. The Morgan fingerprint density at radius 1 is 1.54 bits per heavy atom. The molecule has 0 spiro atoms. The van der Waals surface area contributed by atoms with Crippen LogP contribution in [0.5, 0.6) is 0 Å². The van der Waals surface area contributed by atoms with Crippen LogP contribution in [0.2, 0.25) is 5.02 Å². The minimum absolute atomic E-state index is 0.0350. The molecule has 0 aliphatic carbocycles. The van der Waals surface area contributed by atoms with Gasteiger partial charge in [0.1, 0.15) is 0 Å². The van der Waals surface area contributed by atoms with Crippen molar-refractivity contribution < 1.29 is 5.11 Å². The summed E-state index contributed by atoms with van der Waals surface area (Å²) in [5, 5.41) is 12.8. The molecule has 0 saturated carbocycles. The first-order chi connectivity index (χ1) is 6.17. The van der Waals surface area contributed by atoms with Gasteiger partial charge >= 0.3 is 0 Å². The largest absolute Gasteiger partial charge is 0.394 e. The first-order valence-corrected chi connectivity index (χ1v) is 5.37. The van der Waals surface area contributed by atoms with E-state index in [2.05, 4.69) is 27.9 Å². The molecule has 1 atom stereocenters. The number of aliphatic hydroxyl groups excluding tert-OH is 1. The van der Waals surface area contributed by atoms with Gasteiger partial charge in [0, 0.05) is 8.59 Å². The molecule has 4 heteroatoms. The fourth-order valence-corrected chi connectivity index (χ4v) is 2.26. The highest BCUT2D eigenvalue weighted by Crippen LogP contribution is 2.21. The van der Waals surface area contributed by atoms with Gasteiger partial charge in [-0.15, -0.1) is 0 Å². The summed E-state index contributed by atoms with van der Waals surface area (Å²) >= 11 is 8.10. The maximum atomic E-state index is 9.05. The Morgan fingerprint density at radius 3 is 2.69 bits per heavy atom. The van der Waals surface area contributed by atoms with Crippen LogP contribution in [0.15, 0.2) is 18.2 Å². The van der Waals surface area contributed by atoms with E-state index >= 15 is 0 Å². The molecule has 0 unspecified atom stereocenters. The van der Waals surface area contributed by atoms with Crippen LogP contribution in [-0.2, 0) is 0 Å². The van der Waals surface area contributed by atoms with E-state index in [1.165, 1.54) is 0 Å². The van der Waals surface area contributed by atoms with Crippen molar-refractivity contribution in [2.24, 2.45) is 0 Å². The third kappa shape index (κ3) is 3.09. The third-order valence-electron chi connectivity index (χ3n) is 1.82. The van der Waals surface area contributed by atoms with Crippen LogP contribution in [0, 0.1) is 3.57 Å². The van der Waals surface area contributed by atoms with Gasteiger partial charge in [-0.1, -0.05) is 11.6 Å². The van der Waals surface area contributed by atoms with Crippen LogP contribution in [0.1, 0.15) is 11.6 Å². The number of hydrogen-bond acceptors (Lipinski definition) is 2. The number of benzene rings is 1. The molecule has 0 aliphatic heterocycles. The zero-order valence-electron chi connectivity index (χ0n) is 7.22. The lowest BCUT2D eigenvalue weighted by Crippen LogP contribution is -2.19. The summed E-state index contributed by atoms with van der Waals surface area (Å²) in [7, 11) is 1.81. The fraction of sp³-hybridized carbons (Fsp3) is 0.333. The Labute approximate surface area is 96.4 Å². The van der Waals surface area contributed by atoms with Crippen molar-refractivity contribution >= 4 is 34.2 Å². The molecule has 0 aliphatic rings. The zero-order valence-corrected chi connectivity index (χ0v) is 10.1. The molecule has 0 amide bonds. The van der Waals surface area contributed by atoms with Gasteiger partial charge in [-0.25, -0.2) is 0 Å². The van der Waals surface area contributed by atoms with Crippen LogP contribution in [0.4, 0.5) is 0 Å². The Balaban J connectivity index is 2.99. The molecular weight excluding hydrogens is 300 g/mol. The average molecular weight is 312 g/mol. The van der Waals surface area contributed by atoms with Crippen LogP contribution in [-0.4, -0.2) is 18.8 Å². The second-order valence-electron chi connectivity index (χ2n) is 2.73. The summed E-state index contributed by atoms with van der Waals surface area (Å²) in [5.74, 6) is 0. The summed E-state index contributed by atoms with van der Waals surface area (Å²) in [6.45, 7) is 0.0763. The molecule has 0 bridgehead atoms. The number of aliphatic hydroxyl groups is 1. The van der Waals surface area contributed by atoms with Gasteiger partial charge in [0.05, 0.1) is 12.6 Å². The molecular formula is C9H11ClINO. The first-order valence-electron chi connectivity index (χ1n) is 3.91. The average Bonchev–Trinajstić information content (AvgIpc) is 2.04. The Hall–Kier alpha value is 0.160. The monoisotopic (exact) mass is 311 g/mol. The molecule has 0 radical (unpaired) electrons. The summed E-state index contributed by atoms with van der Waals surface area (Å²) < 4.78 is 1.08. The van der Waals surface area contributed by atoms with E-state index in [0.29, 0.717) is 5.02 Å². The van der Waals surface area contributed by atoms with Crippen LogP contribution in [0.25, 0.3) is 0 Å². The molecule has 1 aromatic carbocycles. The van der Waals surface area contributed by atoms with E-state index in [4.69, 9.17) is 16.7 Å². The molecule has 13 heavy (non-hydrogen) atoms. The van der Waals surface area contributed by atoms with Crippen LogP contribution >= 0.6 is 34.2 Å². The number of rotatable bonds is 3. The van der Waals surface area contributed by atoms with Crippen molar-refractivity contribution in [3.63, 3.8) is 0 Å². The Bertz CT molecular complexity index is 269.